The standard InChI is InChI=1S/C11H15NO2S/c12-11(9-4-2-1-3-5-9)10-6-7-15(13,14)8-10/h1-5,10-11H,6-8,12H2. The van der Waals surface area contributed by atoms with Crippen molar-refractivity contribution >= 4 is 9.84 Å². The molecule has 1 aliphatic rings. The van der Waals surface area contributed by atoms with Gasteiger partial charge < -0.3 is 5.73 Å². The second-order valence-corrected chi connectivity index (χ2v) is 6.33. The summed E-state index contributed by atoms with van der Waals surface area (Å²) in [5.74, 6) is 0.610. The Kier molecular flexibility index (Phi) is 2.80. The molecule has 1 fully saturated rings. The van der Waals surface area contributed by atoms with Gasteiger partial charge in [0.1, 0.15) is 0 Å². The monoisotopic (exact) mass is 225 g/mol. The second-order valence-electron chi connectivity index (χ2n) is 4.10. The van der Waals surface area contributed by atoms with Gasteiger partial charge in [-0.1, -0.05) is 30.3 Å². The molecule has 0 amide bonds. The molecule has 82 valence electrons. The minimum atomic E-state index is -2.83. The van der Waals surface area contributed by atoms with Crippen molar-refractivity contribution in [3.8, 4) is 0 Å². The van der Waals surface area contributed by atoms with Crippen LogP contribution < -0.4 is 5.73 Å². The molecule has 0 bridgehead atoms. The third-order valence-electron chi connectivity index (χ3n) is 2.96. The number of benzene rings is 1. The molecule has 1 heterocycles. The van der Waals surface area contributed by atoms with E-state index in [9.17, 15) is 8.42 Å². The maximum atomic E-state index is 11.3. The molecule has 0 spiro atoms. The lowest BCUT2D eigenvalue weighted by Crippen LogP contribution is -2.22. The van der Waals surface area contributed by atoms with Gasteiger partial charge in [-0.3, -0.25) is 0 Å². The first kappa shape index (κ1) is 10.6. The second kappa shape index (κ2) is 3.94. The molecule has 2 atom stereocenters. The first-order valence-electron chi connectivity index (χ1n) is 5.09. The molecule has 1 saturated heterocycles. The summed E-state index contributed by atoms with van der Waals surface area (Å²) in [4.78, 5) is 0. The predicted octanol–water partition coefficient (Wildman–Crippen LogP) is 1.12. The van der Waals surface area contributed by atoms with Gasteiger partial charge in [-0.05, 0) is 17.9 Å². The van der Waals surface area contributed by atoms with Gasteiger partial charge in [0, 0.05) is 6.04 Å². The first-order chi connectivity index (χ1) is 7.08. The molecule has 0 aromatic heterocycles. The van der Waals surface area contributed by atoms with E-state index in [-0.39, 0.29) is 23.5 Å². The Bertz CT molecular complexity index is 427. The summed E-state index contributed by atoms with van der Waals surface area (Å²) in [6.07, 6.45) is 0.693. The van der Waals surface area contributed by atoms with Gasteiger partial charge in [0.05, 0.1) is 11.5 Å². The Morgan fingerprint density at radius 2 is 1.93 bits per heavy atom. The Morgan fingerprint density at radius 1 is 1.27 bits per heavy atom. The minimum absolute atomic E-state index is 0.0809. The Morgan fingerprint density at radius 3 is 2.47 bits per heavy atom. The van der Waals surface area contributed by atoms with Crippen LogP contribution in [-0.2, 0) is 9.84 Å². The van der Waals surface area contributed by atoms with Gasteiger partial charge in [-0.15, -0.1) is 0 Å². The summed E-state index contributed by atoms with van der Waals surface area (Å²) in [7, 11) is -2.83. The molecule has 1 aromatic rings. The Labute approximate surface area is 90.2 Å². The lowest BCUT2D eigenvalue weighted by molar-refractivity contribution is 0.480. The van der Waals surface area contributed by atoms with Crippen LogP contribution in [0.5, 0.6) is 0 Å². The topological polar surface area (TPSA) is 60.2 Å². The molecule has 1 aromatic carbocycles. The van der Waals surface area contributed by atoms with E-state index in [4.69, 9.17) is 5.73 Å². The van der Waals surface area contributed by atoms with E-state index < -0.39 is 9.84 Å². The molecule has 4 heteroatoms. The molecule has 15 heavy (non-hydrogen) atoms. The SMILES string of the molecule is NC(c1ccccc1)C1CCS(=O)(=O)C1. The first-order valence-corrected chi connectivity index (χ1v) is 6.91. The molecule has 1 aliphatic heterocycles. The molecular formula is C11H15NO2S. The average molecular weight is 225 g/mol. The highest BCUT2D eigenvalue weighted by molar-refractivity contribution is 7.91. The summed E-state index contributed by atoms with van der Waals surface area (Å²) in [6.45, 7) is 0. The largest absolute Gasteiger partial charge is 0.324 e. The van der Waals surface area contributed by atoms with Crippen LogP contribution in [0.3, 0.4) is 0 Å². The smallest absolute Gasteiger partial charge is 0.150 e. The maximum Gasteiger partial charge on any atom is 0.150 e. The fraction of sp³-hybridized carbons (Fsp3) is 0.455. The van der Waals surface area contributed by atoms with Crippen LogP contribution in [0.25, 0.3) is 0 Å². The summed E-state index contributed by atoms with van der Waals surface area (Å²) in [6, 6.07) is 9.55. The van der Waals surface area contributed by atoms with Gasteiger partial charge >= 0.3 is 0 Å². The van der Waals surface area contributed by atoms with Crippen molar-refractivity contribution in [2.45, 2.75) is 12.5 Å². The Hall–Kier alpha value is -0.870. The van der Waals surface area contributed by atoms with E-state index in [0.717, 1.165) is 5.56 Å². The van der Waals surface area contributed by atoms with Crippen molar-refractivity contribution in [3.63, 3.8) is 0 Å². The summed E-state index contributed by atoms with van der Waals surface area (Å²) >= 11 is 0. The number of hydrogen-bond donors (Lipinski definition) is 1. The van der Waals surface area contributed by atoms with Crippen LogP contribution in [0, 0.1) is 5.92 Å². The van der Waals surface area contributed by atoms with E-state index in [1.165, 1.54) is 0 Å². The van der Waals surface area contributed by atoms with E-state index >= 15 is 0 Å². The molecule has 2 unspecified atom stereocenters. The van der Waals surface area contributed by atoms with Crippen molar-refractivity contribution in [3.05, 3.63) is 35.9 Å². The van der Waals surface area contributed by atoms with Gasteiger partial charge in [-0.25, -0.2) is 8.42 Å². The van der Waals surface area contributed by atoms with Crippen LogP contribution in [0.1, 0.15) is 18.0 Å². The van der Waals surface area contributed by atoms with Crippen molar-refractivity contribution in [1.82, 2.24) is 0 Å². The lowest BCUT2D eigenvalue weighted by Gasteiger charge is -2.17. The van der Waals surface area contributed by atoms with Gasteiger partial charge in [0.2, 0.25) is 0 Å². The van der Waals surface area contributed by atoms with Gasteiger partial charge in [0.15, 0.2) is 9.84 Å². The van der Waals surface area contributed by atoms with Crippen molar-refractivity contribution in [2.24, 2.45) is 11.7 Å². The van der Waals surface area contributed by atoms with Crippen LogP contribution in [0.15, 0.2) is 30.3 Å². The van der Waals surface area contributed by atoms with E-state index in [1.807, 2.05) is 30.3 Å². The predicted molar refractivity (Wildman–Crippen MR) is 60.1 cm³/mol. The summed E-state index contributed by atoms with van der Waals surface area (Å²) in [5, 5.41) is 0. The summed E-state index contributed by atoms with van der Waals surface area (Å²) in [5.41, 5.74) is 7.08. The third kappa shape index (κ3) is 2.38. The van der Waals surface area contributed by atoms with Crippen LogP contribution >= 0.6 is 0 Å². The number of rotatable bonds is 2. The fourth-order valence-corrected chi connectivity index (χ4v) is 3.91. The highest BCUT2D eigenvalue weighted by Crippen LogP contribution is 2.29. The molecule has 2 N–H and O–H groups in total. The molecule has 0 radical (unpaired) electrons. The zero-order chi connectivity index (χ0) is 10.9. The molecule has 0 aliphatic carbocycles. The zero-order valence-corrected chi connectivity index (χ0v) is 9.28. The highest BCUT2D eigenvalue weighted by atomic mass is 32.2. The van der Waals surface area contributed by atoms with Crippen molar-refractivity contribution < 1.29 is 8.42 Å². The van der Waals surface area contributed by atoms with E-state index in [0.29, 0.717) is 6.42 Å². The van der Waals surface area contributed by atoms with E-state index in [2.05, 4.69) is 0 Å². The molecule has 2 rings (SSSR count). The molecule has 0 saturated carbocycles. The van der Waals surface area contributed by atoms with Crippen molar-refractivity contribution in [1.29, 1.82) is 0 Å². The number of hydrogen-bond acceptors (Lipinski definition) is 3. The lowest BCUT2D eigenvalue weighted by atomic mass is 9.93. The normalized spacial score (nSPS) is 26.3. The quantitative estimate of drug-likeness (QED) is 0.820. The van der Waals surface area contributed by atoms with Gasteiger partial charge in [0.25, 0.3) is 0 Å². The third-order valence-corrected chi connectivity index (χ3v) is 4.75. The number of sulfone groups is 1. The minimum Gasteiger partial charge on any atom is -0.324 e. The van der Waals surface area contributed by atoms with Crippen LogP contribution in [0.2, 0.25) is 0 Å². The van der Waals surface area contributed by atoms with E-state index in [1.54, 1.807) is 0 Å². The Balaban J connectivity index is 2.14. The highest BCUT2D eigenvalue weighted by Gasteiger charge is 2.32. The van der Waals surface area contributed by atoms with Crippen LogP contribution in [0.4, 0.5) is 0 Å². The summed E-state index contributed by atoms with van der Waals surface area (Å²) < 4.78 is 22.6. The number of nitrogens with two attached hydrogens (primary N) is 1. The molecule has 3 nitrogen and oxygen atoms in total. The fourth-order valence-electron chi connectivity index (χ4n) is 2.05. The zero-order valence-electron chi connectivity index (χ0n) is 8.46. The van der Waals surface area contributed by atoms with Gasteiger partial charge in [-0.2, -0.15) is 0 Å². The van der Waals surface area contributed by atoms with Crippen LogP contribution in [-0.4, -0.2) is 19.9 Å². The van der Waals surface area contributed by atoms with Crippen molar-refractivity contribution in [2.75, 3.05) is 11.5 Å². The average Bonchev–Trinajstić information content (AvgIpc) is 2.59. The molecular weight excluding hydrogens is 210 g/mol. The maximum absolute atomic E-state index is 11.3.